The number of hydrogen-bond donors (Lipinski definition) is 0. The Kier molecular flexibility index (Phi) is 10.0. The lowest BCUT2D eigenvalue weighted by Gasteiger charge is -2.40. The molecule has 2 aliphatic carbocycles. The number of rotatable bonds is 5. The van der Waals surface area contributed by atoms with Gasteiger partial charge in [0.1, 0.15) is 24.1 Å². The minimum Gasteiger partial charge on any atom is -0.454 e. The molecule has 1 spiro atoms. The second kappa shape index (κ2) is 15.1. The number of carbonyl (C=O) groups is 2. The van der Waals surface area contributed by atoms with Crippen molar-refractivity contribution >= 4 is 40.8 Å². The molecular formula is C49H56N2O13SSi. The molecule has 12 rings (SSSR count). The zero-order valence-corrected chi connectivity index (χ0v) is 40.4. The van der Waals surface area contributed by atoms with Gasteiger partial charge < -0.3 is 47.5 Å². The molecule has 3 aromatic carbocycles. The van der Waals surface area contributed by atoms with Crippen molar-refractivity contribution in [2.75, 3.05) is 39.4 Å². The van der Waals surface area contributed by atoms with E-state index in [-0.39, 0.29) is 31.9 Å². The van der Waals surface area contributed by atoms with Gasteiger partial charge in [0.05, 0.1) is 35.0 Å². The normalized spacial score (nSPS) is 29.5. The molecule has 3 fully saturated rings. The summed E-state index contributed by atoms with van der Waals surface area (Å²) in [5.74, 6) is 0.992. The topological polar surface area (TPSA) is 158 Å². The summed E-state index contributed by atoms with van der Waals surface area (Å²) in [5.41, 5.74) is 5.55. The average Bonchev–Trinajstić information content (AvgIpc) is 4.11. The van der Waals surface area contributed by atoms with E-state index in [1.54, 1.807) is 30.3 Å². The molecule has 3 aromatic rings. The number of ether oxygens (including phenoxy) is 9. The third kappa shape index (κ3) is 7.02. The monoisotopic (exact) mass is 940 g/mol. The Balaban J connectivity index is 0.000000153. The van der Waals surface area contributed by atoms with E-state index in [9.17, 15) is 18.0 Å². The molecule has 0 radical (unpaired) electrons. The fraction of sp³-hybridized carbons (Fsp3) is 0.510. The van der Waals surface area contributed by atoms with E-state index in [2.05, 4.69) is 29.4 Å². The molecule has 350 valence electrons. The molecule has 7 aliphatic heterocycles. The molecule has 0 aromatic heterocycles. The molecule has 0 amide bonds. The Morgan fingerprint density at radius 3 is 2.00 bits per heavy atom. The van der Waals surface area contributed by atoms with Crippen molar-refractivity contribution in [3.05, 3.63) is 88.3 Å². The Bertz CT molecular complexity index is 2750. The first-order chi connectivity index (χ1) is 31.2. The molecule has 0 bridgehead atoms. The van der Waals surface area contributed by atoms with Crippen molar-refractivity contribution in [2.45, 2.75) is 125 Å². The summed E-state index contributed by atoms with van der Waals surface area (Å²) in [6.07, 6.45) is 0.634. The van der Waals surface area contributed by atoms with Gasteiger partial charge in [-0.05, 0) is 106 Å². The Hall–Kier alpha value is -4.75. The van der Waals surface area contributed by atoms with Crippen LogP contribution in [0.3, 0.4) is 0 Å². The first-order valence-corrected chi connectivity index (χ1v) is 28.1. The van der Waals surface area contributed by atoms with Crippen LogP contribution in [-0.2, 0) is 56.0 Å². The standard InChI is InChI=1S/C28H29NO8S.C21H27NO5Si/c1-16(30)35-24-23-20-12-22-21(33-15-34-22)11-17(20)9-10-29-14-19(38(31,32)18-7-5-4-6-8-18)13-28(23,29)26-25(24)36-27(2,3)37-26;1-21(2)26-19-17-16(18(23)20(19)27-21)13-9-15-14(24-11-25-15)8-12(13)6-7-22(17)10-28(3,4)5/h4-8,11-12,19,25-26H,9-10,13-15H2,1-3H3;8-9,19-20H,6-7,10-11H2,1-5H3/t19-,25-,26-,28-;19-,20+/m10/s1. The van der Waals surface area contributed by atoms with Gasteiger partial charge >= 0.3 is 5.97 Å². The summed E-state index contributed by atoms with van der Waals surface area (Å²) in [6, 6.07) is 16.5. The van der Waals surface area contributed by atoms with Crippen LogP contribution in [0.2, 0.25) is 19.6 Å². The number of Topliss-reactive ketones (excluding diaryl/α,β-unsaturated/α-hetero) is 1. The number of benzene rings is 3. The van der Waals surface area contributed by atoms with E-state index in [4.69, 9.17) is 42.6 Å². The predicted molar refractivity (Wildman–Crippen MR) is 242 cm³/mol. The van der Waals surface area contributed by atoms with Gasteiger partial charge in [-0.1, -0.05) is 37.8 Å². The molecule has 0 unspecified atom stereocenters. The van der Waals surface area contributed by atoms with E-state index >= 15 is 0 Å². The van der Waals surface area contributed by atoms with E-state index in [0.717, 1.165) is 64.0 Å². The lowest BCUT2D eigenvalue weighted by Crippen LogP contribution is -2.53. The SMILES string of the molecule is CC(=O)OC1=C2c3cc4c(cc3CCN3C[C@H](S(=O)(=O)c5ccccc5)C[C@]23[C@@H]2OC(C)(C)O[C@H]12)OCO4.CC1(C)O[C@@H]2C(=O)C3=C([C@@H]2O1)N(C[Si](C)(C)C)CCc1cc2c(cc13)OCO2. The largest absolute Gasteiger partial charge is 0.454 e. The minimum atomic E-state index is -3.65. The van der Waals surface area contributed by atoms with Gasteiger partial charge in [0, 0.05) is 38.3 Å². The quantitative estimate of drug-likeness (QED) is 0.216. The van der Waals surface area contributed by atoms with Crippen LogP contribution in [0, 0.1) is 0 Å². The van der Waals surface area contributed by atoms with Crippen molar-refractivity contribution in [1.29, 1.82) is 0 Å². The molecule has 7 heterocycles. The lowest BCUT2D eigenvalue weighted by molar-refractivity contribution is -0.159. The van der Waals surface area contributed by atoms with E-state index < -0.39 is 64.6 Å². The van der Waals surface area contributed by atoms with Gasteiger partial charge in [-0.25, -0.2) is 8.42 Å². The summed E-state index contributed by atoms with van der Waals surface area (Å²) in [6.45, 7) is 18.0. The number of carbonyl (C=O) groups excluding carboxylic acids is 2. The second-order valence-electron chi connectivity index (χ2n) is 20.7. The second-order valence-corrected chi connectivity index (χ2v) is 28.3. The molecule has 9 aliphatic rings. The fourth-order valence-electron chi connectivity index (χ4n) is 11.6. The van der Waals surface area contributed by atoms with Crippen LogP contribution in [0.25, 0.3) is 11.1 Å². The highest BCUT2D eigenvalue weighted by Gasteiger charge is 2.69. The number of esters is 1. The van der Waals surface area contributed by atoms with E-state index in [1.807, 2.05) is 52.0 Å². The maximum atomic E-state index is 13.9. The molecule has 0 saturated carbocycles. The molecule has 17 heteroatoms. The Labute approximate surface area is 385 Å². The molecule has 3 saturated heterocycles. The van der Waals surface area contributed by atoms with Crippen LogP contribution in [0.4, 0.5) is 0 Å². The first-order valence-electron chi connectivity index (χ1n) is 22.8. The first kappa shape index (κ1) is 43.8. The summed E-state index contributed by atoms with van der Waals surface area (Å²) in [4.78, 5) is 30.8. The fourth-order valence-corrected chi connectivity index (χ4v) is 14.9. The van der Waals surface area contributed by atoms with Crippen molar-refractivity contribution in [3.63, 3.8) is 0 Å². The van der Waals surface area contributed by atoms with E-state index in [0.29, 0.717) is 47.4 Å². The highest BCUT2D eigenvalue weighted by Crippen LogP contribution is 2.60. The van der Waals surface area contributed by atoms with Crippen molar-refractivity contribution in [2.24, 2.45) is 0 Å². The third-order valence-electron chi connectivity index (χ3n) is 14.0. The Morgan fingerprint density at radius 1 is 0.773 bits per heavy atom. The maximum Gasteiger partial charge on any atom is 0.307 e. The molecular weight excluding hydrogens is 885 g/mol. The van der Waals surface area contributed by atoms with Crippen molar-refractivity contribution in [3.8, 4) is 23.0 Å². The van der Waals surface area contributed by atoms with Gasteiger partial charge in [0.2, 0.25) is 13.6 Å². The maximum absolute atomic E-state index is 13.9. The summed E-state index contributed by atoms with van der Waals surface area (Å²) in [7, 11) is -5.07. The highest BCUT2D eigenvalue weighted by molar-refractivity contribution is 7.92. The zero-order chi connectivity index (χ0) is 46.3. The van der Waals surface area contributed by atoms with Gasteiger partial charge in [-0.3, -0.25) is 14.5 Å². The molecule has 66 heavy (non-hydrogen) atoms. The summed E-state index contributed by atoms with van der Waals surface area (Å²) < 4.78 is 81.4. The van der Waals surface area contributed by atoms with Crippen molar-refractivity contribution < 1.29 is 60.6 Å². The van der Waals surface area contributed by atoms with E-state index in [1.165, 1.54) is 6.92 Å². The minimum absolute atomic E-state index is 0.0215. The van der Waals surface area contributed by atoms with Crippen LogP contribution in [0.1, 0.15) is 63.3 Å². The van der Waals surface area contributed by atoms with Gasteiger partial charge in [-0.2, -0.15) is 0 Å². The van der Waals surface area contributed by atoms with Crippen LogP contribution >= 0.6 is 0 Å². The van der Waals surface area contributed by atoms with Crippen LogP contribution in [0.15, 0.2) is 70.9 Å². The lowest BCUT2D eigenvalue weighted by atomic mass is 9.81. The number of ketones is 1. The van der Waals surface area contributed by atoms with Gasteiger partial charge in [0.25, 0.3) is 0 Å². The molecule has 15 nitrogen and oxygen atoms in total. The molecule has 0 N–H and O–H groups in total. The zero-order valence-electron chi connectivity index (χ0n) is 38.6. The van der Waals surface area contributed by atoms with Crippen LogP contribution in [-0.4, -0.2) is 124 Å². The van der Waals surface area contributed by atoms with Crippen LogP contribution < -0.4 is 18.9 Å². The summed E-state index contributed by atoms with van der Waals surface area (Å²) >= 11 is 0. The smallest absolute Gasteiger partial charge is 0.307 e. The van der Waals surface area contributed by atoms with Crippen LogP contribution in [0.5, 0.6) is 23.0 Å². The van der Waals surface area contributed by atoms with Crippen molar-refractivity contribution in [1.82, 2.24) is 9.80 Å². The predicted octanol–water partition coefficient (Wildman–Crippen LogP) is 6.03. The molecule has 6 atom stereocenters. The highest BCUT2D eigenvalue weighted by atomic mass is 32.2. The summed E-state index contributed by atoms with van der Waals surface area (Å²) in [5, 5.41) is -0.680. The average molecular weight is 941 g/mol. The number of hydrogen-bond acceptors (Lipinski definition) is 15. The number of sulfone groups is 1. The number of fused-ring (bicyclic) bond motifs is 9. The number of nitrogens with zero attached hydrogens (tertiary/aromatic N) is 2. The third-order valence-corrected chi connectivity index (χ3v) is 17.4. The Morgan fingerprint density at radius 2 is 1.35 bits per heavy atom. The van der Waals surface area contributed by atoms with Gasteiger partial charge in [0.15, 0.2) is 56.3 Å². The van der Waals surface area contributed by atoms with Gasteiger partial charge in [-0.15, -0.1) is 0 Å².